The zero-order valence-corrected chi connectivity index (χ0v) is 49.6. The van der Waals surface area contributed by atoms with E-state index in [4.69, 9.17) is 14.2 Å². The Balaban J connectivity index is 4.30. The largest absolute Gasteiger partial charge is 0.462 e. The molecule has 0 radical (unpaired) electrons. The molecule has 0 aliphatic heterocycles. The quantitative estimate of drug-likeness (QED) is 0.0343. The maximum Gasteiger partial charge on any atom is 0.306 e. The third-order valence-corrected chi connectivity index (χ3v) is 15.9. The van der Waals surface area contributed by atoms with Gasteiger partial charge in [-0.2, -0.15) is 0 Å². The van der Waals surface area contributed by atoms with Crippen LogP contribution in [0.1, 0.15) is 375 Å². The Morgan fingerprint density at radius 3 is 0.722 bits per heavy atom. The summed E-state index contributed by atoms with van der Waals surface area (Å²) in [5.41, 5.74) is 0. The number of hydrogen-bond donors (Lipinski definition) is 0. The first-order valence-corrected chi connectivity index (χ1v) is 32.8. The van der Waals surface area contributed by atoms with E-state index in [1.807, 2.05) is 0 Å². The van der Waals surface area contributed by atoms with Crippen LogP contribution < -0.4 is 0 Å². The van der Waals surface area contributed by atoms with Gasteiger partial charge >= 0.3 is 17.9 Å². The second-order valence-corrected chi connectivity index (χ2v) is 23.2. The van der Waals surface area contributed by atoms with Crippen LogP contribution in [0.5, 0.6) is 0 Å². The van der Waals surface area contributed by atoms with Gasteiger partial charge in [0.2, 0.25) is 0 Å². The first kappa shape index (κ1) is 70.4. The molecule has 0 rings (SSSR count). The molecule has 6 heteroatoms. The second-order valence-electron chi connectivity index (χ2n) is 23.2. The molecular weight excluding hydrogens is 889 g/mol. The van der Waals surface area contributed by atoms with Crippen LogP contribution >= 0.6 is 0 Å². The van der Waals surface area contributed by atoms with Crippen molar-refractivity contribution in [3.05, 3.63) is 0 Å². The van der Waals surface area contributed by atoms with Crippen molar-refractivity contribution in [2.45, 2.75) is 381 Å². The van der Waals surface area contributed by atoms with Gasteiger partial charge in [0.05, 0.1) is 0 Å². The van der Waals surface area contributed by atoms with Crippen molar-refractivity contribution in [1.29, 1.82) is 0 Å². The topological polar surface area (TPSA) is 78.9 Å². The van der Waals surface area contributed by atoms with Gasteiger partial charge in [-0.1, -0.05) is 336 Å². The first-order chi connectivity index (χ1) is 35.3. The molecule has 0 bridgehead atoms. The summed E-state index contributed by atoms with van der Waals surface area (Å²) in [6, 6.07) is 0. The van der Waals surface area contributed by atoms with E-state index in [9.17, 15) is 14.4 Å². The zero-order valence-electron chi connectivity index (χ0n) is 49.6. The third kappa shape index (κ3) is 56.1. The molecule has 0 amide bonds. The Bertz CT molecular complexity index is 1110. The molecule has 0 aromatic carbocycles. The van der Waals surface area contributed by atoms with Crippen molar-refractivity contribution < 1.29 is 28.6 Å². The lowest BCUT2D eigenvalue weighted by atomic mass is 9.99. The molecule has 3 atom stereocenters. The molecule has 0 aliphatic rings. The Hall–Kier alpha value is -1.59. The highest BCUT2D eigenvalue weighted by Crippen LogP contribution is 2.20. The van der Waals surface area contributed by atoms with Gasteiger partial charge in [0.1, 0.15) is 13.2 Å². The summed E-state index contributed by atoms with van der Waals surface area (Å²) >= 11 is 0. The highest BCUT2D eigenvalue weighted by molar-refractivity contribution is 5.71. The van der Waals surface area contributed by atoms with Crippen molar-refractivity contribution in [3.63, 3.8) is 0 Å². The molecule has 0 aromatic rings. The predicted molar refractivity (Wildman–Crippen MR) is 312 cm³/mol. The fourth-order valence-corrected chi connectivity index (χ4v) is 10.2. The summed E-state index contributed by atoms with van der Waals surface area (Å²) in [4.78, 5) is 38.4. The van der Waals surface area contributed by atoms with Crippen LogP contribution in [0.2, 0.25) is 0 Å². The van der Waals surface area contributed by atoms with E-state index in [1.165, 1.54) is 263 Å². The Morgan fingerprint density at radius 2 is 0.486 bits per heavy atom. The number of ether oxygens (including phenoxy) is 3. The van der Waals surface area contributed by atoms with E-state index in [2.05, 4.69) is 34.6 Å². The van der Waals surface area contributed by atoms with Gasteiger partial charge in [0.25, 0.3) is 0 Å². The second kappa shape index (κ2) is 58.7. The van der Waals surface area contributed by atoms with Gasteiger partial charge in [-0.05, 0) is 31.1 Å². The fourth-order valence-electron chi connectivity index (χ4n) is 10.2. The number of unbranched alkanes of at least 4 members (excludes halogenated alkanes) is 43. The van der Waals surface area contributed by atoms with E-state index in [-0.39, 0.29) is 31.1 Å². The zero-order chi connectivity index (χ0) is 52.5. The van der Waals surface area contributed by atoms with Gasteiger partial charge in [-0.3, -0.25) is 14.4 Å². The summed E-state index contributed by atoms with van der Waals surface area (Å²) in [6.45, 7) is 11.5. The Morgan fingerprint density at radius 1 is 0.278 bits per heavy atom. The number of rotatable bonds is 60. The first-order valence-electron chi connectivity index (χ1n) is 32.8. The third-order valence-electron chi connectivity index (χ3n) is 15.9. The molecule has 0 heterocycles. The van der Waals surface area contributed by atoms with Gasteiger partial charge in [-0.15, -0.1) is 0 Å². The lowest BCUT2D eigenvalue weighted by molar-refractivity contribution is -0.167. The van der Waals surface area contributed by atoms with Crippen molar-refractivity contribution in [3.8, 4) is 0 Å². The van der Waals surface area contributed by atoms with Gasteiger partial charge in [0, 0.05) is 19.3 Å². The van der Waals surface area contributed by atoms with Crippen LogP contribution in [-0.2, 0) is 28.6 Å². The smallest absolute Gasteiger partial charge is 0.306 e. The molecule has 0 fully saturated rings. The van der Waals surface area contributed by atoms with Crippen molar-refractivity contribution in [2.75, 3.05) is 13.2 Å². The van der Waals surface area contributed by atoms with Gasteiger partial charge in [-0.25, -0.2) is 0 Å². The number of carbonyl (C=O) groups is 3. The SMILES string of the molecule is CCCCCCCCCCCCCCCCCCCCC(=O)OC[C@H](COC(=O)CCCCCCCCCCCCCCCCC(C)CC)OC(=O)CCCCCCCCCCCCCCCCC(C)CC. The van der Waals surface area contributed by atoms with Crippen molar-refractivity contribution in [1.82, 2.24) is 0 Å². The van der Waals surface area contributed by atoms with Gasteiger partial charge < -0.3 is 14.2 Å². The minimum absolute atomic E-state index is 0.0617. The van der Waals surface area contributed by atoms with Crippen LogP contribution in [0.4, 0.5) is 0 Å². The van der Waals surface area contributed by atoms with Crippen LogP contribution in [0.15, 0.2) is 0 Å². The predicted octanol–water partition coefficient (Wildman–Crippen LogP) is 22.0. The van der Waals surface area contributed by atoms with Crippen LogP contribution in [0, 0.1) is 11.8 Å². The molecule has 6 nitrogen and oxygen atoms in total. The average Bonchev–Trinajstić information content (AvgIpc) is 3.38. The molecular formula is C66H128O6. The van der Waals surface area contributed by atoms with E-state index in [1.54, 1.807) is 0 Å². The normalized spacial score (nSPS) is 12.8. The summed E-state index contributed by atoms with van der Waals surface area (Å²) in [5.74, 6) is 0.961. The Labute approximate surface area is 450 Å². The molecule has 0 N–H and O–H groups in total. The van der Waals surface area contributed by atoms with Crippen LogP contribution in [0.25, 0.3) is 0 Å². The van der Waals surface area contributed by atoms with Crippen molar-refractivity contribution in [2.24, 2.45) is 11.8 Å². The maximum atomic E-state index is 12.9. The summed E-state index contributed by atoms with van der Waals surface area (Å²) < 4.78 is 17.0. The molecule has 72 heavy (non-hydrogen) atoms. The Kier molecular flexibility index (Phi) is 57.4. The lowest BCUT2D eigenvalue weighted by Crippen LogP contribution is -2.30. The number of hydrogen-bond acceptors (Lipinski definition) is 6. The summed E-state index contributed by atoms with van der Waals surface area (Å²) in [7, 11) is 0. The monoisotopic (exact) mass is 1020 g/mol. The molecule has 0 aromatic heterocycles. The molecule has 0 saturated heterocycles. The summed E-state index contributed by atoms with van der Waals surface area (Å²) in [5, 5.41) is 0. The summed E-state index contributed by atoms with van der Waals surface area (Å²) in [6.07, 6.45) is 65.2. The van der Waals surface area contributed by atoms with Crippen molar-refractivity contribution >= 4 is 17.9 Å². The fraction of sp³-hybridized carbons (Fsp3) is 0.955. The number of carbonyl (C=O) groups excluding carboxylic acids is 3. The maximum absolute atomic E-state index is 12.9. The van der Waals surface area contributed by atoms with E-state index < -0.39 is 6.10 Å². The highest BCUT2D eigenvalue weighted by Gasteiger charge is 2.19. The minimum Gasteiger partial charge on any atom is -0.462 e. The molecule has 428 valence electrons. The molecule has 0 spiro atoms. The van der Waals surface area contributed by atoms with E-state index >= 15 is 0 Å². The highest BCUT2D eigenvalue weighted by atomic mass is 16.6. The standard InChI is InChI=1S/C66H128O6/c1-6-9-10-11-12-13-14-15-16-17-18-19-26-31-36-41-46-51-56-64(67)70-59-63(72-66(69)58-53-48-43-38-33-28-23-21-25-30-35-40-45-50-55-62(5)8-3)60-71-65(68)57-52-47-42-37-32-27-22-20-24-29-34-39-44-49-54-61(4)7-2/h61-63H,6-60H2,1-5H3/t61?,62?,63-/m1/s1. The molecule has 0 aliphatic carbocycles. The average molecular weight is 1020 g/mol. The van der Waals surface area contributed by atoms with Crippen LogP contribution in [0.3, 0.4) is 0 Å². The van der Waals surface area contributed by atoms with Crippen LogP contribution in [-0.4, -0.2) is 37.2 Å². The number of esters is 3. The van der Waals surface area contributed by atoms with E-state index in [0.717, 1.165) is 69.6 Å². The van der Waals surface area contributed by atoms with E-state index in [0.29, 0.717) is 19.3 Å². The van der Waals surface area contributed by atoms with Gasteiger partial charge in [0.15, 0.2) is 6.10 Å². The minimum atomic E-state index is -0.764. The molecule has 2 unspecified atom stereocenters. The lowest BCUT2D eigenvalue weighted by Gasteiger charge is -2.18. The molecule has 0 saturated carbocycles.